The van der Waals surface area contributed by atoms with Gasteiger partial charge in [0.05, 0.1) is 16.1 Å². The van der Waals surface area contributed by atoms with Crippen LogP contribution in [0.3, 0.4) is 0 Å². The van der Waals surface area contributed by atoms with Crippen molar-refractivity contribution in [3.8, 4) is 5.75 Å². The molecule has 7 heteroatoms. The molecule has 2 fully saturated rings. The molecule has 1 heterocycles. The number of hydrogen-bond acceptors (Lipinski definition) is 3. The van der Waals surface area contributed by atoms with Crippen LogP contribution in [0, 0.1) is 11.7 Å². The summed E-state index contributed by atoms with van der Waals surface area (Å²) in [6.07, 6.45) is 10.9. The van der Waals surface area contributed by atoms with Crippen molar-refractivity contribution in [3.63, 3.8) is 0 Å². The van der Waals surface area contributed by atoms with Crippen LogP contribution >= 0.6 is 11.6 Å². The summed E-state index contributed by atoms with van der Waals surface area (Å²) in [5, 5.41) is 3.86. The molecule has 0 spiro atoms. The van der Waals surface area contributed by atoms with Crippen LogP contribution in [0.25, 0.3) is 11.0 Å². The first-order valence-corrected chi connectivity index (χ1v) is 13.3. The van der Waals surface area contributed by atoms with Crippen LogP contribution in [0.5, 0.6) is 5.75 Å². The molecule has 2 aromatic carbocycles. The van der Waals surface area contributed by atoms with Gasteiger partial charge in [0.15, 0.2) is 0 Å². The van der Waals surface area contributed by atoms with Crippen LogP contribution in [0.1, 0.15) is 76.1 Å². The summed E-state index contributed by atoms with van der Waals surface area (Å²) >= 11 is 6.31. The maximum Gasteiger partial charge on any atom is 0.243 e. The number of carbonyl (C=O) groups is 1. The summed E-state index contributed by atoms with van der Waals surface area (Å²) in [4.78, 5) is 18.7. The summed E-state index contributed by atoms with van der Waals surface area (Å²) in [6.45, 7) is 0.139. The molecule has 1 aromatic heterocycles. The fraction of sp³-hybridized carbons (Fsp3) is 0.500. The Bertz CT molecular complexity index is 1170. The second kappa shape index (κ2) is 11.0. The molecule has 2 saturated carbocycles. The number of carbonyl (C=O) groups excluding carboxylic acids is 1. The van der Waals surface area contributed by atoms with E-state index in [2.05, 4.69) is 5.32 Å². The van der Waals surface area contributed by atoms with E-state index in [4.69, 9.17) is 21.3 Å². The van der Waals surface area contributed by atoms with Gasteiger partial charge in [-0.1, -0.05) is 62.3 Å². The lowest BCUT2D eigenvalue weighted by Gasteiger charge is -2.33. The van der Waals surface area contributed by atoms with Crippen LogP contribution < -0.4 is 10.1 Å². The van der Waals surface area contributed by atoms with Gasteiger partial charge in [0.1, 0.15) is 30.0 Å². The number of halogens is 2. The predicted molar refractivity (Wildman–Crippen MR) is 136 cm³/mol. The molecule has 0 bridgehead atoms. The molecule has 2 aliphatic rings. The normalized spacial score (nSPS) is 18.5. The fourth-order valence-corrected chi connectivity index (χ4v) is 5.95. The predicted octanol–water partition coefficient (Wildman–Crippen LogP) is 6.98. The van der Waals surface area contributed by atoms with Gasteiger partial charge >= 0.3 is 0 Å². The Kier molecular flexibility index (Phi) is 7.57. The molecule has 5 nitrogen and oxygen atoms in total. The molecule has 35 heavy (non-hydrogen) atoms. The summed E-state index contributed by atoms with van der Waals surface area (Å²) in [6, 6.07) is 11.6. The number of amides is 1. The Labute approximate surface area is 211 Å². The smallest absolute Gasteiger partial charge is 0.243 e. The van der Waals surface area contributed by atoms with E-state index in [1.165, 1.54) is 25.0 Å². The van der Waals surface area contributed by atoms with E-state index >= 15 is 0 Å². The van der Waals surface area contributed by atoms with Crippen molar-refractivity contribution in [1.82, 2.24) is 14.9 Å². The SMILES string of the molecule is O=C(NC1CCCCC1)C(C1CCCCC1)n1c(COc2ccccc2Cl)nc2ccc(F)cc21. The highest BCUT2D eigenvalue weighted by Gasteiger charge is 2.35. The average Bonchev–Trinajstić information content (AvgIpc) is 3.22. The number of benzene rings is 2. The Morgan fingerprint density at radius 3 is 2.51 bits per heavy atom. The van der Waals surface area contributed by atoms with Gasteiger partial charge < -0.3 is 14.6 Å². The topological polar surface area (TPSA) is 56.2 Å². The molecule has 1 amide bonds. The van der Waals surface area contributed by atoms with Gasteiger partial charge in [-0.25, -0.2) is 9.37 Å². The minimum atomic E-state index is -0.450. The van der Waals surface area contributed by atoms with Crippen LogP contribution in [0.4, 0.5) is 4.39 Å². The van der Waals surface area contributed by atoms with E-state index in [1.54, 1.807) is 12.1 Å². The third-order valence-electron chi connectivity index (χ3n) is 7.51. The van der Waals surface area contributed by atoms with Gasteiger partial charge in [0.2, 0.25) is 5.91 Å². The van der Waals surface area contributed by atoms with E-state index in [0.717, 1.165) is 51.4 Å². The second-order valence-electron chi connectivity index (χ2n) is 9.94. The first-order chi connectivity index (χ1) is 17.1. The number of rotatable bonds is 7. The van der Waals surface area contributed by atoms with E-state index in [0.29, 0.717) is 27.6 Å². The van der Waals surface area contributed by atoms with Crippen molar-refractivity contribution in [2.24, 2.45) is 5.92 Å². The van der Waals surface area contributed by atoms with E-state index < -0.39 is 6.04 Å². The number of aromatic nitrogens is 2. The molecule has 1 N–H and O–H groups in total. The van der Waals surface area contributed by atoms with Gasteiger partial charge in [-0.05, 0) is 61.9 Å². The molecule has 186 valence electrons. The minimum absolute atomic E-state index is 0.0198. The summed E-state index contributed by atoms with van der Waals surface area (Å²) < 4.78 is 22.4. The maximum absolute atomic E-state index is 14.4. The Hall–Kier alpha value is -2.60. The molecule has 2 aliphatic carbocycles. The maximum atomic E-state index is 14.4. The molecule has 3 aromatic rings. The molecular weight excluding hydrogens is 465 g/mol. The van der Waals surface area contributed by atoms with Crippen molar-refractivity contribution in [2.45, 2.75) is 82.9 Å². The largest absolute Gasteiger partial charge is 0.484 e. The Balaban J connectivity index is 1.53. The average molecular weight is 498 g/mol. The number of hydrogen-bond donors (Lipinski definition) is 1. The Morgan fingerprint density at radius 1 is 1.06 bits per heavy atom. The van der Waals surface area contributed by atoms with E-state index in [9.17, 15) is 9.18 Å². The van der Waals surface area contributed by atoms with Crippen molar-refractivity contribution in [1.29, 1.82) is 0 Å². The number of nitrogens with zero attached hydrogens (tertiary/aromatic N) is 2. The molecular formula is C28H33ClFN3O2. The van der Waals surface area contributed by atoms with Crippen molar-refractivity contribution >= 4 is 28.5 Å². The van der Waals surface area contributed by atoms with Gasteiger partial charge in [-0.3, -0.25) is 4.79 Å². The van der Waals surface area contributed by atoms with Crippen molar-refractivity contribution in [2.75, 3.05) is 0 Å². The number of nitrogens with one attached hydrogen (secondary N) is 1. The number of ether oxygens (including phenoxy) is 1. The molecule has 5 rings (SSSR count). The summed E-state index contributed by atoms with van der Waals surface area (Å²) in [5.41, 5.74) is 1.30. The Morgan fingerprint density at radius 2 is 1.77 bits per heavy atom. The standard InChI is InChI=1S/C28H33ClFN3O2/c29-22-13-7-8-14-25(22)35-18-26-32-23-16-15-20(30)17-24(23)33(26)27(19-9-3-1-4-10-19)28(34)31-21-11-5-2-6-12-21/h7-8,13-17,19,21,27H,1-6,9-12,18H2,(H,31,34). The first-order valence-electron chi connectivity index (χ1n) is 12.9. The quantitative estimate of drug-likeness (QED) is 0.383. The third-order valence-corrected chi connectivity index (χ3v) is 7.82. The van der Waals surface area contributed by atoms with Gasteiger partial charge in [0.25, 0.3) is 0 Å². The van der Waals surface area contributed by atoms with Crippen molar-refractivity contribution < 1.29 is 13.9 Å². The molecule has 1 unspecified atom stereocenters. The lowest BCUT2D eigenvalue weighted by molar-refractivity contribution is -0.127. The van der Waals surface area contributed by atoms with Crippen molar-refractivity contribution in [3.05, 3.63) is 59.1 Å². The molecule has 0 radical (unpaired) electrons. The van der Waals surface area contributed by atoms with Gasteiger partial charge in [-0.2, -0.15) is 0 Å². The van der Waals surface area contributed by atoms with Gasteiger partial charge in [-0.15, -0.1) is 0 Å². The van der Waals surface area contributed by atoms with E-state index in [1.807, 2.05) is 22.8 Å². The van der Waals surface area contributed by atoms with Crippen LogP contribution in [-0.4, -0.2) is 21.5 Å². The number of imidazole rings is 1. The van der Waals surface area contributed by atoms with Gasteiger partial charge in [0, 0.05) is 6.04 Å². The van der Waals surface area contributed by atoms with Crippen LogP contribution in [-0.2, 0) is 11.4 Å². The minimum Gasteiger partial charge on any atom is -0.484 e. The first kappa shape index (κ1) is 24.1. The van der Waals surface area contributed by atoms with E-state index in [-0.39, 0.29) is 30.3 Å². The monoisotopic (exact) mass is 497 g/mol. The zero-order valence-electron chi connectivity index (χ0n) is 20.0. The highest BCUT2D eigenvalue weighted by atomic mass is 35.5. The summed E-state index contributed by atoms with van der Waals surface area (Å²) in [7, 11) is 0. The highest BCUT2D eigenvalue weighted by Crippen LogP contribution is 2.37. The lowest BCUT2D eigenvalue weighted by atomic mass is 9.83. The van der Waals surface area contributed by atoms with Crippen LogP contribution in [0.2, 0.25) is 5.02 Å². The summed E-state index contributed by atoms with van der Waals surface area (Å²) in [5.74, 6) is 1.02. The van der Waals surface area contributed by atoms with Crippen LogP contribution in [0.15, 0.2) is 42.5 Å². The zero-order valence-corrected chi connectivity index (χ0v) is 20.8. The molecule has 0 saturated heterocycles. The molecule has 1 atom stereocenters. The zero-order chi connectivity index (χ0) is 24.2. The fourth-order valence-electron chi connectivity index (χ4n) is 5.76. The second-order valence-corrected chi connectivity index (χ2v) is 10.3. The number of fused-ring (bicyclic) bond motifs is 1. The lowest BCUT2D eigenvalue weighted by Crippen LogP contribution is -2.44. The molecule has 0 aliphatic heterocycles. The highest BCUT2D eigenvalue weighted by molar-refractivity contribution is 6.32. The number of para-hydroxylation sites is 1. The third kappa shape index (κ3) is 5.48.